The first-order valence-corrected chi connectivity index (χ1v) is 13.8. The predicted octanol–water partition coefficient (Wildman–Crippen LogP) is 4.02. The minimum absolute atomic E-state index is 0.0962. The maximum Gasteiger partial charge on any atom is 0.267 e. The molecule has 0 aliphatic carbocycles. The smallest absolute Gasteiger partial charge is 0.267 e. The second kappa shape index (κ2) is 11.9. The lowest BCUT2D eigenvalue weighted by Crippen LogP contribution is -2.45. The fourth-order valence-electron chi connectivity index (χ4n) is 4.47. The maximum absolute atomic E-state index is 12.7. The standard InChI is InChI=1S/C24H34IN5O2S/c1-17-4-3-5-18(2)22(17)28-23(31)21-14-26-24(33-21)27-20-6-8-29(9-7-20)15-19(25)16-30-10-12-32-13-11-30/h3-5,14,19-20H,6-13,15-16H2,1-2H3,(H,26,27)(H,28,31). The van der Waals surface area contributed by atoms with Crippen LogP contribution < -0.4 is 10.6 Å². The Morgan fingerprint density at radius 3 is 2.45 bits per heavy atom. The van der Waals surface area contributed by atoms with E-state index in [1.54, 1.807) is 6.20 Å². The monoisotopic (exact) mass is 583 g/mol. The van der Waals surface area contributed by atoms with Gasteiger partial charge in [0.2, 0.25) is 0 Å². The molecule has 2 aliphatic heterocycles. The van der Waals surface area contributed by atoms with Crippen LogP contribution in [0.2, 0.25) is 0 Å². The van der Waals surface area contributed by atoms with Crippen LogP contribution in [0.4, 0.5) is 10.8 Å². The molecule has 2 aliphatic rings. The summed E-state index contributed by atoms with van der Waals surface area (Å²) in [6, 6.07) is 6.44. The number of aromatic nitrogens is 1. The number of morpholine rings is 1. The molecular formula is C24H34IN5O2S. The number of benzene rings is 1. The number of nitrogens with one attached hydrogen (secondary N) is 2. The van der Waals surface area contributed by atoms with Crippen molar-refractivity contribution >= 4 is 50.7 Å². The lowest BCUT2D eigenvalue weighted by Gasteiger charge is -2.35. The average molecular weight is 584 g/mol. The highest BCUT2D eigenvalue weighted by Gasteiger charge is 2.23. The maximum atomic E-state index is 12.7. The van der Waals surface area contributed by atoms with Gasteiger partial charge in [0, 0.05) is 54.9 Å². The van der Waals surface area contributed by atoms with Crippen molar-refractivity contribution in [2.75, 3.05) is 63.1 Å². The molecule has 180 valence electrons. The predicted molar refractivity (Wildman–Crippen MR) is 144 cm³/mol. The molecule has 7 nitrogen and oxygen atoms in total. The van der Waals surface area contributed by atoms with Crippen molar-refractivity contribution < 1.29 is 9.53 Å². The molecule has 1 amide bonds. The molecule has 4 rings (SSSR count). The van der Waals surface area contributed by atoms with Gasteiger partial charge in [0.25, 0.3) is 5.91 Å². The van der Waals surface area contributed by atoms with Gasteiger partial charge < -0.3 is 20.3 Å². The number of aryl methyl sites for hydroxylation is 2. The van der Waals surface area contributed by atoms with Crippen LogP contribution in [0.5, 0.6) is 0 Å². The van der Waals surface area contributed by atoms with Gasteiger partial charge in [-0.3, -0.25) is 9.69 Å². The lowest BCUT2D eigenvalue weighted by atomic mass is 10.1. The van der Waals surface area contributed by atoms with Gasteiger partial charge >= 0.3 is 0 Å². The number of carbonyl (C=O) groups excluding carboxylic acids is 1. The Kier molecular flexibility index (Phi) is 8.98. The highest BCUT2D eigenvalue weighted by Crippen LogP contribution is 2.25. The summed E-state index contributed by atoms with van der Waals surface area (Å²) >= 11 is 4.04. The molecule has 0 spiro atoms. The molecule has 1 aromatic heterocycles. The molecule has 1 aromatic carbocycles. The first-order valence-electron chi connectivity index (χ1n) is 11.7. The van der Waals surface area contributed by atoms with E-state index in [9.17, 15) is 4.79 Å². The van der Waals surface area contributed by atoms with E-state index in [4.69, 9.17) is 4.74 Å². The van der Waals surface area contributed by atoms with Gasteiger partial charge in [-0.05, 0) is 37.8 Å². The third-order valence-electron chi connectivity index (χ3n) is 6.38. The number of carbonyl (C=O) groups is 1. The van der Waals surface area contributed by atoms with Gasteiger partial charge in [0.15, 0.2) is 5.13 Å². The van der Waals surface area contributed by atoms with Gasteiger partial charge in [0.05, 0.1) is 19.4 Å². The van der Waals surface area contributed by atoms with Gasteiger partial charge in [-0.25, -0.2) is 4.98 Å². The summed E-state index contributed by atoms with van der Waals surface area (Å²) in [7, 11) is 0. The number of hydrogen-bond donors (Lipinski definition) is 2. The Morgan fingerprint density at radius 1 is 1.15 bits per heavy atom. The highest BCUT2D eigenvalue weighted by atomic mass is 127. The van der Waals surface area contributed by atoms with Gasteiger partial charge in [-0.2, -0.15) is 0 Å². The van der Waals surface area contributed by atoms with E-state index in [-0.39, 0.29) is 5.91 Å². The van der Waals surface area contributed by atoms with Crippen molar-refractivity contribution in [3.63, 3.8) is 0 Å². The highest BCUT2D eigenvalue weighted by molar-refractivity contribution is 14.1. The number of thiazole rings is 1. The number of anilines is 2. The van der Waals surface area contributed by atoms with E-state index >= 15 is 0 Å². The fourth-order valence-corrected chi connectivity index (χ4v) is 6.37. The molecule has 1 atom stereocenters. The molecular weight excluding hydrogens is 549 g/mol. The van der Waals surface area contributed by atoms with Crippen LogP contribution in [-0.4, -0.2) is 83.1 Å². The Labute approximate surface area is 214 Å². The van der Waals surface area contributed by atoms with Gasteiger partial charge in [-0.15, -0.1) is 0 Å². The van der Waals surface area contributed by atoms with Crippen LogP contribution in [0.1, 0.15) is 33.6 Å². The zero-order chi connectivity index (χ0) is 23.2. The molecule has 0 bridgehead atoms. The number of para-hydroxylation sites is 1. The summed E-state index contributed by atoms with van der Waals surface area (Å²) in [4.78, 5) is 22.9. The van der Waals surface area contributed by atoms with Crippen LogP contribution >= 0.6 is 33.9 Å². The first-order chi connectivity index (χ1) is 16.0. The molecule has 0 radical (unpaired) electrons. The summed E-state index contributed by atoms with van der Waals surface area (Å²) in [5.41, 5.74) is 3.02. The van der Waals surface area contributed by atoms with Gasteiger partial charge in [-0.1, -0.05) is 52.1 Å². The summed E-state index contributed by atoms with van der Waals surface area (Å²) < 4.78 is 6.10. The number of rotatable bonds is 8. The lowest BCUT2D eigenvalue weighted by molar-refractivity contribution is 0.0373. The molecule has 0 saturated carbocycles. The van der Waals surface area contributed by atoms with Crippen molar-refractivity contribution in [3.05, 3.63) is 40.4 Å². The SMILES string of the molecule is Cc1cccc(C)c1NC(=O)c1cnc(NC2CCN(CC(I)CN3CCOCC3)CC2)s1. The number of ether oxygens (including phenoxy) is 1. The summed E-state index contributed by atoms with van der Waals surface area (Å²) in [6.45, 7) is 12.4. The van der Waals surface area contributed by atoms with Crippen LogP contribution in [-0.2, 0) is 4.74 Å². The molecule has 2 aromatic rings. The molecule has 2 N–H and O–H groups in total. The molecule has 3 heterocycles. The fraction of sp³-hybridized carbons (Fsp3) is 0.583. The number of amides is 1. The van der Waals surface area contributed by atoms with Crippen molar-refractivity contribution in [1.29, 1.82) is 0 Å². The Hall–Kier alpha value is -1.27. The van der Waals surface area contributed by atoms with Crippen LogP contribution in [0.25, 0.3) is 0 Å². The largest absolute Gasteiger partial charge is 0.379 e. The zero-order valence-electron chi connectivity index (χ0n) is 19.5. The molecule has 9 heteroatoms. The van der Waals surface area contributed by atoms with E-state index in [0.29, 0.717) is 14.8 Å². The minimum Gasteiger partial charge on any atom is -0.379 e. The number of alkyl halides is 1. The molecule has 1 unspecified atom stereocenters. The minimum atomic E-state index is -0.0962. The van der Waals surface area contributed by atoms with E-state index in [2.05, 4.69) is 48.0 Å². The second-order valence-corrected chi connectivity index (χ2v) is 11.8. The first kappa shape index (κ1) is 24.8. The topological polar surface area (TPSA) is 69.7 Å². The third-order valence-corrected chi connectivity index (χ3v) is 8.10. The number of piperidine rings is 1. The van der Waals surface area contributed by atoms with Crippen LogP contribution in [0.15, 0.2) is 24.4 Å². The van der Waals surface area contributed by atoms with E-state index < -0.39 is 0 Å². The zero-order valence-corrected chi connectivity index (χ0v) is 22.5. The quantitative estimate of drug-likeness (QED) is 0.362. The molecule has 2 saturated heterocycles. The number of nitrogens with zero attached hydrogens (tertiary/aromatic N) is 3. The third kappa shape index (κ3) is 7.11. The Bertz CT molecular complexity index is 905. The van der Waals surface area contributed by atoms with E-state index in [0.717, 1.165) is 87.3 Å². The number of halogens is 1. The van der Waals surface area contributed by atoms with Crippen molar-refractivity contribution in [2.24, 2.45) is 0 Å². The van der Waals surface area contributed by atoms with E-state index in [1.165, 1.54) is 11.3 Å². The normalized spacial score (nSPS) is 19.4. The average Bonchev–Trinajstić information content (AvgIpc) is 3.27. The number of likely N-dealkylation sites (tertiary alicyclic amines) is 1. The van der Waals surface area contributed by atoms with Crippen molar-refractivity contribution in [3.8, 4) is 0 Å². The Morgan fingerprint density at radius 2 is 1.79 bits per heavy atom. The van der Waals surface area contributed by atoms with E-state index in [1.807, 2.05) is 32.0 Å². The molecule has 2 fully saturated rings. The van der Waals surface area contributed by atoms with Crippen LogP contribution in [0.3, 0.4) is 0 Å². The molecule has 33 heavy (non-hydrogen) atoms. The van der Waals surface area contributed by atoms with Gasteiger partial charge in [0.1, 0.15) is 4.88 Å². The van der Waals surface area contributed by atoms with Crippen LogP contribution in [0, 0.1) is 13.8 Å². The number of hydrogen-bond acceptors (Lipinski definition) is 7. The Balaban J connectivity index is 1.21. The summed E-state index contributed by atoms with van der Waals surface area (Å²) in [5.74, 6) is -0.0962. The van der Waals surface area contributed by atoms with Crippen molar-refractivity contribution in [2.45, 2.75) is 36.7 Å². The van der Waals surface area contributed by atoms with Crippen molar-refractivity contribution in [1.82, 2.24) is 14.8 Å². The summed E-state index contributed by atoms with van der Waals surface area (Å²) in [6.07, 6.45) is 3.88. The second-order valence-electron chi connectivity index (χ2n) is 8.98. The summed E-state index contributed by atoms with van der Waals surface area (Å²) in [5, 5.41) is 7.44.